The van der Waals surface area contributed by atoms with Gasteiger partial charge in [0.05, 0.1) is 7.11 Å². The number of hydrogen-bond donors (Lipinski definition) is 2. The van der Waals surface area contributed by atoms with E-state index >= 15 is 0 Å². The van der Waals surface area contributed by atoms with E-state index < -0.39 is 17.6 Å². The van der Waals surface area contributed by atoms with E-state index in [1.807, 2.05) is 6.07 Å². The molecule has 2 aromatic rings. The zero-order valence-corrected chi connectivity index (χ0v) is 20.0. The number of carbonyl (C=O) groups excluding carboxylic acids is 3. The topological polar surface area (TPSA) is 93.7 Å². The highest BCUT2D eigenvalue weighted by Crippen LogP contribution is 2.46. The molecule has 0 saturated carbocycles. The van der Waals surface area contributed by atoms with Gasteiger partial charge in [-0.25, -0.2) is 4.39 Å². The number of dihydropyridines is 1. The van der Waals surface area contributed by atoms with Crippen LogP contribution in [0.3, 0.4) is 0 Å². The maximum atomic E-state index is 13.1. The molecule has 36 heavy (non-hydrogen) atoms. The van der Waals surface area contributed by atoms with E-state index in [2.05, 4.69) is 10.6 Å². The van der Waals surface area contributed by atoms with Crippen molar-refractivity contribution < 1.29 is 28.2 Å². The van der Waals surface area contributed by atoms with Gasteiger partial charge in [0.25, 0.3) is 5.91 Å². The van der Waals surface area contributed by atoms with Crippen LogP contribution in [0, 0.1) is 5.82 Å². The van der Waals surface area contributed by atoms with Gasteiger partial charge < -0.3 is 20.1 Å². The molecule has 186 valence electrons. The predicted molar refractivity (Wildman–Crippen MR) is 131 cm³/mol. The fourth-order valence-electron chi connectivity index (χ4n) is 5.17. The first-order valence-electron chi connectivity index (χ1n) is 12.1. The number of carbonyl (C=O) groups is 3. The van der Waals surface area contributed by atoms with Gasteiger partial charge >= 0.3 is 0 Å². The third-order valence-electron chi connectivity index (χ3n) is 6.80. The number of ether oxygens (including phenoxy) is 2. The Kier molecular flexibility index (Phi) is 6.59. The van der Waals surface area contributed by atoms with Gasteiger partial charge in [0, 0.05) is 47.0 Å². The van der Waals surface area contributed by atoms with E-state index in [4.69, 9.17) is 9.47 Å². The molecule has 7 nitrogen and oxygen atoms in total. The number of amides is 1. The average Bonchev–Trinajstić information content (AvgIpc) is 2.88. The van der Waals surface area contributed by atoms with Crippen LogP contribution in [0.5, 0.6) is 11.5 Å². The zero-order chi connectivity index (χ0) is 25.2. The van der Waals surface area contributed by atoms with Gasteiger partial charge in [-0.15, -0.1) is 0 Å². The second kappa shape index (κ2) is 9.97. The van der Waals surface area contributed by atoms with Crippen molar-refractivity contribution in [2.45, 2.75) is 44.4 Å². The number of nitrogens with one attached hydrogen (secondary N) is 2. The standard InChI is InChI=1S/C28H27FN2O5/c1-35-24-14-16(8-13-23(24)36-15-25(34)30-18-11-9-17(29)10-12-18)26-27-19(4-2-6-21(27)32)31-20-5-3-7-22(33)28(20)26/h8-14,26,31H,2-7,15H2,1H3,(H,30,34). The summed E-state index contributed by atoms with van der Waals surface area (Å²) in [7, 11) is 1.50. The Morgan fingerprint density at radius 1 is 0.944 bits per heavy atom. The van der Waals surface area contributed by atoms with Crippen LogP contribution in [0.25, 0.3) is 0 Å². The maximum absolute atomic E-state index is 13.1. The molecule has 0 bridgehead atoms. The highest BCUT2D eigenvalue weighted by atomic mass is 19.1. The van der Waals surface area contributed by atoms with Gasteiger partial charge in [-0.2, -0.15) is 0 Å². The first-order valence-corrected chi connectivity index (χ1v) is 12.1. The van der Waals surface area contributed by atoms with E-state index in [9.17, 15) is 18.8 Å². The van der Waals surface area contributed by atoms with Gasteiger partial charge in [0.1, 0.15) is 5.82 Å². The molecule has 3 aliphatic rings. The second-order valence-corrected chi connectivity index (χ2v) is 9.15. The fraction of sp³-hybridized carbons (Fsp3) is 0.321. The number of allylic oxidation sites excluding steroid dienone is 4. The maximum Gasteiger partial charge on any atom is 0.262 e. The lowest BCUT2D eigenvalue weighted by Crippen LogP contribution is -2.36. The number of anilines is 1. The van der Waals surface area contributed by atoms with Crippen LogP contribution in [-0.4, -0.2) is 31.2 Å². The van der Waals surface area contributed by atoms with Crippen LogP contribution in [0.2, 0.25) is 0 Å². The van der Waals surface area contributed by atoms with E-state index in [1.165, 1.54) is 31.4 Å². The number of rotatable bonds is 6. The molecular formula is C28H27FN2O5. The number of benzene rings is 2. The smallest absolute Gasteiger partial charge is 0.262 e. The highest BCUT2D eigenvalue weighted by molar-refractivity contribution is 6.06. The van der Waals surface area contributed by atoms with Gasteiger partial charge in [0.15, 0.2) is 29.7 Å². The summed E-state index contributed by atoms with van der Waals surface area (Å²) in [4.78, 5) is 38.3. The molecule has 0 atom stereocenters. The summed E-state index contributed by atoms with van der Waals surface area (Å²) in [6, 6.07) is 10.7. The molecule has 0 spiro atoms. The van der Waals surface area contributed by atoms with Gasteiger partial charge in [-0.3, -0.25) is 14.4 Å². The van der Waals surface area contributed by atoms with E-state index in [1.54, 1.807) is 12.1 Å². The average molecular weight is 491 g/mol. The summed E-state index contributed by atoms with van der Waals surface area (Å²) in [5.74, 6) is -0.351. The first-order chi connectivity index (χ1) is 17.4. The Morgan fingerprint density at radius 2 is 1.58 bits per heavy atom. The normalized spacial score (nSPS) is 17.8. The molecule has 0 aromatic heterocycles. The van der Waals surface area contributed by atoms with Crippen LogP contribution < -0.4 is 20.1 Å². The summed E-state index contributed by atoms with van der Waals surface area (Å²) in [6.07, 6.45) is 4.09. The van der Waals surface area contributed by atoms with Gasteiger partial charge in [-0.05, 0) is 67.6 Å². The van der Waals surface area contributed by atoms with Crippen molar-refractivity contribution in [2.24, 2.45) is 0 Å². The molecule has 0 radical (unpaired) electrons. The molecule has 2 aliphatic carbocycles. The van der Waals surface area contributed by atoms with Crippen molar-refractivity contribution in [3.63, 3.8) is 0 Å². The van der Waals surface area contributed by atoms with Gasteiger partial charge in [0.2, 0.25) is 0 Å². The molecule has 2 N–H and O–H groups in total. The lowest BCUT2D eigenvalue weighted by molar-refractivity contribution is -0.118. The number of halogens is 1. The van der Waals surface area contributed by atoms with E-state index in [0.717, 1.165) is 42.6 Å². The SMILES string of the molecule is COc1cc(C2C3=C(CCCC3=O)NC3=C2C(=O)CCC3)ccc1OCC(=O)Nc1ccc(F)cc1. The first kappa shape index (κ1) is 23.8. The molecule has 0 fully saturated rings. The van der Waals surface area contributed by atoms with Crippen molar-refractivity contribution >= 4 is 23.2 Å². The van der Waals surface area contributed by atoms with Crippen molar-refractivity contribution in [1.82, 2.24) is 5.32 Å². The second-order valence-electron chi connectivity index (χ2n) is 9.15. The minimum atomic E-state index is -0.443. The summed E-state index contributed by atoms with van der Waals surface area (Å²) >= 11 is 0. The third kappa shape index (κ3) is 4.63. The summed E-state index contributed by atoms with van der Waals surface area (Å²) in [5, 5.41) is 6.06. The molecule has 1 heterocycles. The molecule has 1 amide bonds. The van der Waals surface area contributed by atoms with E-state index in [-0.39, 0.29) is 18.2 Å². The van der Waals surface area contributed by atoms with Crippen molar-refractivity contribution in [2.75, 3.05) is 19.0 Å². The Balaban J connectivity index is 1.40. The summed E-state index contributed by atoms with van der Waals surface area (Å²) < 4.78 is 24.3. The van der Waals surface area contributed by atoms with Crippen molar-refractivity contribution in [3.8, 4) is 11.5 Å². The molecular weight excluding hydrogens is 463 g/mol. The van der Waals surface area contributed by atoms with Crippen LogP contribution in [0.1, 0.15) is 50.0 Å². The fourth-order valence-corrected chi connectivity index (χ4v) is 5.17. The third-order valence-corrected chi connectivity index (χ3v) is 6.80. The lowest BCUT2D eigenvalue weighted by Gasteiger charge is -2.37. The minimum Gasteiger partial charge on any atom is -0.493 e. The van der Waals surface area contributed by atoms with E-state index in [0.29, 0.717) is 41.2 Å². The van der Waals surface area contributed by atoms with Crippen LogP contribution in [0.15, 0.2) is 65.0 Å². The van der Waals surface area contributed by atoms with Crippen LogP contribution in [-0.2, 0) is 14.4 Å². The quantitative estimate of drug-likeness (QED) is 0.617. The van der Waals surface area contributed by atoms with Crippen LogP contribution >= 0.6 is 0 Å². The Morgan fingerprint density at radius 3 is 2.19 bits per heavy atom. The molecule has 2 aromatic carbocycles. The van der Waals surface area contributed by atoms with Gasteiger partial charge in [-0.1, -0.05) is 6.07 Å². The minimum absolute atomic E-state index is 0.0652. The Hall–Kier alpha value is -3.94. The molecule has 1 aliphatic heterocycles. The number of hydrogen-bond acceptors (Lipinski definition) is 6. The zero-order valence-electron chi connectivity index (χ0n) is 20.0. The predicted octanol–water partition coefficient (Wildman–Crippen LogP) is 4.55. The summed E-state index contributed by atoms with van der Waals surface area (Å²) in [5.41, 5.74) is 4.42. The summed E-state index contributed by atoms with van der Waals surface area (Å²) in [6.45, 7) is -0.276. The Labute approximate surface area is 208 Å². The molecule has 0 unspecified atom stereocenters. The molecule has 8 heteroatoms. The molecule has 0 saturated heterocycles. The van der Waals surface area contributed by atoms with Crippen molar-refractivity contribution in [1.29, 1.82) is 0 Å². The lowest BCUT2D eigenvalue weighted by atomic mass is 9.71. The monoisotopic (exact) mass is 490 g/mol. The largest absolute Gasteiger partial charge is 0.493 e. The van der Waals surface area contributed by atoms with Crippen LogP contribution in [0.4, 0.5) is 10.1 Å². The highest BCUT2D eigenvalue weighted by Gasteiger charge is 2.40. The number of ketones is 2. The van der Waals surface area contributed by atoms with Crippen molar-refractivity contribution in [3.05, 3.63) is 76.4 Å². The Bertz CT molecular complexity index is 1250. The molecule has 5 rings (SSSR count). The number of Topliss-reactive ketones (excluding diaryl/α,β-unsaturated/α-hetero) is 2. The number of methoxy groups -OCH3 is 1.